The zero-order valence-corrected chi connectivity index (χ0v) is 12.8. The van der Waals surface area contributed by atoms with Crippen molar-refractivity contribution in [2.45, 2.75) is 20.0 Å². The van der Waals surface area contributed by atoms with Crippen LogP contribution in [0.15, 0.2) is 42.7 Å². The second-order valence-corrected chi connectivity index (χ2v) is 4.99. The van der Waals surface area contributed by atoms with Crippen LogP contribution in [-0.2, 0) is 13.1 Å². The number of urea groups is 1. The van der Waals surface area contributed by atoms with Crippen LogP contribution in [0.25, 0.3) is 0 Å². The molecule has 1 heterocycles. The summed E-state index contributed by atoms with van der Waals surface area (Å²) in [6.45, 7) is 3.96. The molecule has 118 valence electrons. The molecule has 0 atom stereocenters. The maximum Gasteiger partial charge on any atom is 0.317 e. The van der Waals surface area contributed by atoms with Gasteiger partial charge < -0.3 is 15.3 Å². The third kappa shape index (κ3) is 4.60. The lowest BCUT2D eigenvalue weighted by Crippen LogP contribution is -2.41. The number of benzene rings is 1. The second-order valence-electron chi connectivity index (χ2n) is 4.99. The number of likely N-dealkylation sites (N-methyl/N-ethyl adjacent to an activating group) is 1. The largest absolute Gasteiger partial charge is 0.395 e. The van der Waals surface area contributed by atoms with E-state index in [1.165, 1.54) is 0 Å². The Hall–Kier alpha value is -2.34. The van der Waals surface area contributed by atoms with E-state index in [0.717, 1.165) is 11.1 Å². The normalized spacial score (nSPS) is 10.5. The summed E-state index contributed by atoms with van der Waals surface area (Å²) in [5.74, 6) is 0. The molecule has 0 saturated heterocycles. The van der Waals surface area contributed by atoms with Crippen molar-refractivity contribution in [3.05, 3.63) is 53.9 Å². The van der Waals surface area contributed by atoms with E-state index in [-0.39, 0.29) is 12.6 Å². The predicted octanol–water partition coefficient (Wildman–Crippen LogP) is 1.46. The highest BCUT2D eigenvalue weighted by Crippen LogP contribution is 2.07. The second kappa shape index (κ2) is 8.19. The Morgan fingerprint density at radius 2 is 2.18 bits per heavy atom. The average molecular weight is 302 g/mol. The van der Waals surface area contributed by atoms with Crippen LogP contribution < -0.4 is 5.32 Å². The molecule has 22 heavy (non-hydrogen) atoms. The first-order valence-electron chi connectivity index (χ1n) is 7.41. The van der Waals surface area contributed by atoms with Gasteiger partial charge in [0.1, 0.15) is 0 Å². The molecule has 6 heteroatoms. The molecule has 1 aromatic carbocycles. The van der Waals surface area contributed by atoms with Gasteiger partial charge in [-0.25, -0.2) is 4.79 Å². The Morgan fingerprint density at radius 1 is 1.36 bits per heavy atom. The van der Waals surface area contributed by atoms with Crippen LogP contribution in [0.3, 0.4) is 0 Å². The van der Waals surface area contributed by atoms with Crippen LogP contribution in [0.5, 0.6) is 0 Å². The van der Waals surface area contributed by atoms with Crippen LogP contribution in [-0.4, -0.2) is 45.5 Å². The number of nitrogens with one attached hydrogen (secondary N) is 1. The highest BCUT2D eigenvalue weighted by molar-refractivity contribution is 5.74. The molecule has 0 fully saturated rings. The Balaban J connectivity index is 1.91. The third-order valence-electron chi connectivity index (χ3n) is 3.38. The predicted molar refractivity (Wildman–Crippen MR) is 84.3 cm³/mol. The molecule has 0 aliphatic carbocycles. The number of carbonyl (C=O) groups is 1. The standard InChI is InChI=1S/C16H22N4O2/c1-2-19(9-10-21)16(22)17-12-14-5-3-6-15(11-14)13-20-8-4-7-18-20/h3-8,11,21H,2,9-10,12-13H2,1H3,(H,17,22). The first kappa shape index (κ1) is 16.0. The fourth-order valence-electron chi connectivity index (χ4n) is 2.23. The van der Waals surface area contributed by atoms with Gasteiger partial charge in [0.25, 0.3) is 0 Å². The van der Waals surface area contributed by atoms with E-state index in [9.17, 15) is 4.79 Å². The van der Waals surface area contributed by atoms with E-state index >= 15 is 0 Å². The lowest BCUT2D eigenvalue weighted by molar-refractivity contribution is 0.180. The highest BCUT2D eigenvalue weighted by Gasteiger charge is 2.09. The first-order valence-corrected chi connectivity index (χ1v) is 7.41. The minimum Gasteiger partial charge on any atom is -0.395 e. The smallest absolute Gasteiger partial charge is 0.317 e. The molecule has 0 bridgehead atoms. The van der Waals surface area contributed by atoms with Gasteiger partial charge in [-0.2, -0.15) is 5.10 Å². The molecule has 6 nitrogen and oxygen atoms in total. The molecule has 2 N–H and O–H groups in total. The molecule has 0 saturated carbocycles. The number of hydrogen-bond donors (Lipinski definition) is 2. The molecule has 0 aliphatic heterocycles. The van der Waals surface area contributed by atoms with Crippen molar-refractivity contribution >= 4 is 6.03 Å². The summed E-state index contributed by atoms with van der Waals surface area (Å²) in [6, 6.07) is 9.79. The van der Waals surface area contributed by atoms with Crippen molar-refractivity contribution in [3.63, 3.8) is 0 Å². The van der Waals surface area contributed by atoms with Gasteiger partial charge in [0.15, 0.2) is 0 Å². The van der Waals surface area contributed by atoms with E-state index in [0.29, 0.717) is 26.2 Å². The quantitative estimate of drug-likeness (QED) is 0.813. The molecule has 2 rings (SSSR count). The van der Waals surface area contributed by atoms with Gasteiger partial charge in [-0.1, -0.05) is 24.3 Å². The van der Waals surface area contributed by atoms with Crippen molar-refractivity contribution in [2.24, 2.45) is 0 Å². The van der Waals surface area contributed by atoms with Crippen LogP contribution in [0.4, 0.5) is 4.79 Å². The van der Waals surface area contributed by atoms with Gasteiger partial charge in [0.2, 0.25) is 0 Å². The van der Waals surface area contributed by atoms with Crippen LogP contribution in [0.2, 0.25) is 0 Å². The summed E-state index contributed by atoms with van der Waals surface area (Å²) < 4.78 is 1.86. The number of carbonyl (C=O) groups excluding carboxylic acids is 1. The van der Waals surface area contributed by atoms with Crippen LogP contribution >= 0.6 is 0 Å². The SMILES string of the molecule is CCN(CCO)C(=O)NCc1cccc(Cn2cccn2)c1. The van der Waals surface area contributed by atoms with E-state index in [1.54, 1.807) is 11.1 Å². The highest BCUT2D eigenvalue weighted by atomic mass is 16.3. The zero-order valence-electron chi connectivity index (χ0n) is 12.8. The molecular weight excluding hydrogens is 280 g/mol. The molecular formula is C16H22N4O2. The first-order chi connectivity index (χ1) is 10.7. The Labute approximate surface area is 130 Å². The average Bonchev–Trinajstić information content (AvgIpc) is 3.03. The molecule has 0 aliphatic rings. The zero-order chi connectivity index (χ0) is 15.8. The third-order valence-corrected chi connectivity index (χ3v) is 3.38. The Kier molecular flexibility index (Phi) is 5.97. The van der Waals surface area contributed by atoms with Gasteiger partial charge in [-0.15, -0.1) is 0 Å². The van der Waals surface area contributed by atoms with Crippen LogP contribution in [0, 0.1) is 0 Å². The van der Waals surface area contributed by atoms with E-state index < -0.39 is 0 Å². The van der Waals surface area contributed by atoms with E-state index in [1.807, 2.05) is 42.1 Å². The number of aliphatic hydroxyl groups excluding tert-OH is 1. The summed E-state index contributed by atoms with van der Waals surface area (Å²) in [5, 5.41) is 16.0. The molecule has 0 radical (unpaired) electrons. The molecule has 0 unspecified atom stereocenters. The maximum atomic E-state index is 12.0. The Morgan fingerprint density at radius 3 is 2.86 bits per heavy atom. The summed E-state index contributed by atoms with van der Waals surface area (Å²) in [6.07, 6.45) is 3.67. The molecule has 2 amide bonds. The summed E-state index contributed by atoms with van der Waals surface area (Å²) in [5.41, 5.74) is 2.18. The van der Waals surface area contributed by atoms with Gasteiger partial charge in [-0.3, -0.25) is 4.68 Å². The van der Waals surface area contributed by atoms with Gasteiger partial charge >= 0.3 is 6.03 Å². The van der Waals surface area contributed by atoms with Gasteiger partial charge in [0.05, 0.1) is 13.2 Å². The number of hydrogen-bond acceptors (Lipinski definition) is 3. The Bertz CT molecular complexity index is 584. The molecule has 1 aromatic heterocycles. The van der Waals surface area contributed by atoms with Crippen molar-refractivity contribution in [3.8, 4) is 0 Å². The van der Waals surface area contributed by atoms with Crippen LogP contribution in [0.1, 0.15) is 18.1 Å². The lowest BCUT2D eigenvalue weighted by atomic mass is 10.1. The van der Waals surface area contributed by atoms with Crippen molar-refractivity contribution < 1.29 is 9.90 Å². The summed E-state index contributed by atoms with van der Waals surface area (Å²) >= 11 is 0. The number of rotatable bonds is 7. The van der Waals surface area contributed by atoms with Crippen molar-refractivity contribution in [2.75, 3.05) is 19.7 Å². The maximum absolute atomic E-state index is 12.0. The monoisotopic (exact) mass is 302 g/mol. The van der Waals surface area contributed by atoms with E-state index in [2.05, 4.69) is 16.5 Å². The minimum absolute atomic E-state index is 0.0272. The number of aromatic nitrogens is 2. The molecule has 0 spiro atoms. The number of nitrogens with zero attached hydrogens (tertiary/aromatic N) is 3. The topological polar surface area (TPSA) is 70.4 Å². The van der Waals surface area contributed by atoms with Crippen molar-refractivity contribution in [1.29, 1.82) is 0 Å². The number of amides is 2. The fraction of sp³-hybridized carbons (Fsp3) is 0.375. The lowest BCUT2D eigenvalue weighted by Gasteiger charge is -2.20. The molecule has 2 aromatic rings. The van der Waals surface area contributed by atoms with Gasteiger partial charge in [-0.05, 0) is 24.1 Å². The minimum atomic E-state index is -0.158. The fourth-order valence-corrected chi connectivity index (χ4v) is 2.23. The van der Waals surface area contributed by atoms with Gasteiger partial charge in [0, 0.05) is 32.0 Å². The van der Waals surface area contributed by atoms with E-state index in [4.69, 9.17) is 5.11 Å². The van der Waals surface area contributed by atoms with Crippen molar-refractivity contribution in [1.82, 2.24) is 20.0 Å². The number of aliphatic hydroxyl groups is 1. The summed E-state index contributed by atoms with van der Waals surface area (Å²) in [7, 11) is 0. The summed E-state index contributed by atoms with van der Waals surface area (Å²) in [4.78, 5) is 13.5.